The predicted octanol–water partition coefficient (Wildman–Crippen LogP) is 4.99. The van der Waals surface area contributed by atoms with E-state index in [1.807, 2.05) is 42.5 Å². The van der Waals surface area contributed by atoms with E-state index in [1.165, 1.54) is 6.92 Å². The SMILES string of the molecule is CC(=O)c1c(-c2ccccc2)c(SC#N)c2ccccc2c1O. The van der Waals surface area contributed by atoms with Crippen molar-refractivity contribution in [3.8, 4) is 22.3 Å². The molecular weight excluding hydrogens is 306 g/mol. The number of thioether (sulfide) groups is 1. The fourth-order valence-electron chi connectivity index (χ4n) is 2.76. The largest absolute Gasteiger partial charge is 0.507 e. The Hall–Kier alpha value is -2.77. The van der Waals surface area contributed by atoms with Gasteiger partial charge in [0.1, 0.15) is 11.2 Å². The Bertz CT molecular complexity index is 943. The Kier molecular flexibility index (Phi) is 4.05. The van der Waals surface area contributed by atoms with Crippen molar-refractivity contribution in [3.05, 3.63) is 60.2 Å². The number of nitriles is 1. The summed E-state index contributed by atoms with van der Waals surface area (Å²) >= 11 is 1.01. The minimum absolute atomic E-state index is 0.0331. The highest BCUT2D eigenvalue weighted by molar-refractivity contribution is 8.04. The summed E-state index contributed by atoms with van der Waals surface area (Å²) in [5.41, 5.74) is 1.67. The zero-order chi connectivity index (χ0) is 16.4. The van der Waals surface area contributed by atoms with Gasteiger partial charge in [0.05, 0.1) is 5.56 Å². The second kappa shape index (κ2) is 6.15. The van der Waals surface area contributed by atoms with Crippen molar-refractivity contribution in [1.82, 2.24) is 0 Å². The van der Waals surface area contributed by atoms with Gasteiger partial charge in [0.25, 0.3) is 0 Å². The Balaban J connectivity index is 2.54. The fourth-order valence-corrected chi connectivity index (χ4v) is 3.46. The number of hydrogen-bond acceptors (Lipinski definition) is 4. The molecule has 112 valence electrons. The second-order valence-electron chi connectivity index (χ2n) is 5.09. The van der Waals surface area contributed by atoms with Gasteiger partial charge in [-0.25, -0.2) is 0 Å². The number of carbonyl (C=O) groups excluding carboxylic acids is 1. The minimum atomic E-state index is -0.230. The number of phenols is 1. The molecule has 3 aromatic rings. The number of nitrogens with zero attached hydrogens (tertiary/aromatic N) is 1. The van der Waals surface area contributed by atoms with Crippen molar-refractivity contribution in [2.45, 2.75) is 11.8 Å². The molecule has 0 aliphatic rings. The van der Waals surface area contributed by atoms with Crippen molar-refractivity contribution in [3.63, 3.8) is 0 Å². The number of aromatic hydroxyl groups is 1. The van der Waals surface area contributed by atoms with Gasteiger partial charge in [0, 0.05) is 21.2 Å². The van der Waals surface area contributed by atoms with Crippen LogP contribution in [0.5, 0.6) is 5.75 Å². The van der Waals surface area contributed by atoms with Gasteiger partial charge >= 0.3 is 0 Å². The van der Waals surface area contributed by atoms with E-state index in [0.717, 1.165) is 22.7 Å². The van der Waals surface area contributed by atoms with E-state index in [1.54, 1.807) is 12.1 Å². The van der Waals surface area contributed by atoms with Crippen molar-refractivity contribution >= 4 is 28.3 Å². The summed E-state index contributed by atoms with van der Waals surface area (Å²) < 4.78 is 0. The van der Waals surface area contributed by atoms with Crippen LogP contribution < -0.4 is 0 Å². The number of hydrogen-bond donors (Lipinski definition) is 1. The van der Waals surface area contributed by atoms with Crippen molar-refractivity contribution in [1.29, 1.82) is 5.26 Å². The van der Waals surface area contributed by atoms with Crippen LogP contribution in [0.4, 0.5) is 0 Å². The molecule has 0 saturated carbocycles. The molecule has 0 saturated heterocycles. The molecule has 3 rings (SSSR count). The lowest BCUT2D eigenvalue weighted by atomic mass is 9.92. The van der Waals surface area contributed by atoms with Crippen LogP contribution in [0.3, 0.4) is 0 Å². The molecule has 0 atom stereocenters. The van der Waals surface area contributed by atoms with E-state index in [0.29, 0.717) is 15.8 Å². The number of carbonyl (C=O) groups is 1. The van der Waals surface area contributed by atoms with Crippen LogP contribution in [0.2, 0.25) is 0 Å². The molecule has 3 aromatic carbocycles. The molecule has 0 bridgehead atoms. The van der Waals surface area contributed by atoms with Gasteiger partial charge in [-0.3, -0.25) is 4.79 Å². The molecule has 0 aromatic heterocycles. The predicted molar refractivity (Wildman–Crippen MR) is 92.5 cm³/mol. The van der Waals surface area contributed by atoms with Gasteiger partial charge < -0.3 is 5.11 Å². The van der Waals surface area contributed by atoms with Gasteiger partial charge in [0.2, 0.25) is 0 Å². The number of phenolic OH excluding ortho intramolecular Hbond substituents is 1. The Morgan fingerprint density at radius 2 is 1.65 bits per heavy atom. The second-order valence-corrected chi connectivity index (χ2v) is 5.88. The molecule has 0 unspecified atom stereocenters. The van der Waals surface area contributed by atoms with Crippen LogP contribution in [-0.4, -0.2) is 10.9 Å². The van der Waals surface area contributed by atoms with Gasteiger partial charge in [-0.05, 0) is 24.2 Å². The number of fused-ring (bicyclic) bond motifs is 1. The maximum Gasteiger partial charge on any atom is 0.164 e. The fraction of sp³-hybridized carbons (Fsp3) is 0.0526. The topological polar surface area (TPSA) is 61.1 Å². The quantitative estimate of drug-likeness (QED) is 0.420. The summed E-state index contributed by atoms with van der Waals surface area (Å²) in [6.07, 6.45) is 0. The van der Waals surface area contributed by atoms with Crippen molar-refractivity contribution in [2.24, 2.45) is 0 Å². The van der Waals surface area contributed by atoms with Crippen LogP contribution in [0, 0.1) is 10.7 Å². The molecule has 1 N–H and O–H groups in total. The van der Waals surface area contributed by atoms with Crippen molar-refractivity contribution < 1.29 is 9.90 Å². The number of benzene rings is 3. The third kappa shape index (κ3) is 2.56. The summed E-state index contributed by atoms with van der Waals surface area (Å²) in [6, 6.07) is 16.6. The third-order valence-electron chi connectivity index (χ3n) is 3.70. The summed E-state index contributed by atoms with van der Waals surface area (Å²) in [7, 11) is 0. The molecule has 0 spiro atoms. The molecule has 0 heterocycles. The summed E-state index contributed by atoms with van der Waals surface area (Å²) in [5, 5.41) is 23.3. The number of ketones is 1. The van der Waals surface area contributed by atoms with E-state index >= 15 is 0 Å². The molecular formula is C19H13NO2S. The van der Waals surface area contributed by atoms with E-state index in [-0.39, 0.29) is 17.1 Å². The Labute approximate surface area is 138 Å². The molecule has 0 aliphatic carbocycles. The highest BCUT2D eigenvalue weighted by Gasteiger charge is 2.23. The van der Waals surface area contributed by atoms with Gasteiger partial charge in [0.15, 0.2) is 5.78 Å². The smallest absolute Gasteiger partial charge is 0.164 e. The first-order valence-corrected chi connectivity index (χ1v) is 7.86. The first-order valence-electron chi connectivity index (χ1n) is 7.05. The van der Waals surface area contributed by atoms with Gasteiger partial charge in [-0.2, -0.15) is 5.26 Å². The molecule has 3 nitrogen and oxygen atoms in total. The Morgan fingerprint density at radius 3 is 2.26 bits per heavy atom. The minimum Gasteiger partial charge on any atom is -0.507 e. The first-order chi connectivity index (χ1) is 11.1. The van der Waals surface area contributed by atoms with Crippen LogP contribution in [-0.2, 0) is 0 Å². The summed E-state index contributed by atoms with van der Waals surface area (Å²) in [5.74, 6) is -0.263. The number of rotatable bonds is 3. The average Bonchev–Trinajstić information content (AvgIpc) is 2.57. The molecule has 23 heavy (non-hydrogen) atoms. The average molecular weight is 319 g/mol. The van der Waals surface area contributed by atoms with E-state index in [9.17, 15) is 15.2 Å². The zero-order valence-electron chi connectivity index (χ0n) is 12.4. The van der Waals surface area contributed by atoms with Crippen LogP contribution in [0.15, 0.2) is 59.5 Å². The zero-order valence-corrected chi connectivity index (χ0v) is 13.2. The van der Waals surface area contributed by atoms with Crippen LogP contribution in [0.25, 0.3) is 21.9 Å². The molecule has 4 heteroatoms. The highest BCUT2D eigenvalue weighted by atomic mass is 32.2. The first kappa shape index (κ1) is 15.1. The lowest BCUT2D eigenvalue weighted by Gasteiger charge is -2.17. The molecule has 0 amide bonds. The summed E-state index contributed by atoms with van der Waals surface area (Å²) in [6.45, 7) is 1.43. The van der Waals surface area contributed by atoms with Crippen LogP contribution in [0.1, 0.15) is 17.3 Å². The highest BCUT2D eigenvalue weighted by Crippen LogP contribution is 2.45. The maximum atomic E-state index is 12.2. The normalized spacial score (nSPS) is 10.4. The van der Waals surface area contributed by atoms with Crippen molar-refractivity contribution in [2.75, 3.05) is 0 Å². The molecule has 0 radical (unpaired) electrons. The van der Waals surface area contributed by atoms with Crippen LogP contribution >= 0.6 is 11.8 Å². The third-order valence-corrected chi connectivity index (χ3v) is 4.42. The van der Waals surface area contributed by atoms with E-state index in [2.05, 4.69) is 5.40 Å². The summed E-state index contributed by atoms with van der Waals surface area (Å²) in [4.78, 5) is 12.9. The van der Waals surface area contributed by atoms with Gasteiger partial charge in [-0.15, -0.1) is 0 Å². The van der Waals surface area contributed by atoms with Gasteiger partial charge in [-0.1, -0.05) is 54.6 Å². The molecule has 0 aliphatic heterocycles. The maximum absolute atomic E-state index is 12.2. The lowest BCUT2D eigenvalue weighted by molar-refractivity contribution is 0.101. The Morgan fingerprint density at radius 1 is 1.04 bits per heavy atom. The number of Topliss-reactive ketones (excluding diaryl/α,β-unsaturated/α-hetero) is 1. The molecule has 0 fully saturated rings. The lowest BCUT2D eigenvalue weighted by Crippen LogP contribution is -2.00. The monoisotopic (exact) mass is 319 g/mol. The van der Waals surface area contributed by atoms with E-state index in [4.69, 9.17) is 0 Å². The number of thiocyanates is 1. The standard InChI is InChI=1S/C19H13NO2S/c1-12(21)16-17(13-7-3-2-4-8-13)19(23-11-20)15-10-6-5-9-14(15)18(16)22/h2-10,22H,1H3. The van der Waals surface area contributed by atoms with E-state index < -0.39 is 0 Å².